The molecule has 1 aromatic rings. The maximum absolute atomic E-state index is 11.1. The monoisotopic (exact) mass is 198 g/mol. The fraction of sp³-hybridized carbons (Fsp3) is 0.444. The normalized spacial score (nSPS) is 12.5. The molecule has 1 aromatic heterocycles. The minimum Gasteiger partial charge on any atom is -0.358 e. The summed E-state index contributed by atoms with van der Waals surface area (Å²) in [5.74, 6) is 0.0246. The highest BCUT2D eigenvalue weighted by atomic mass is 32.1. The second kappa shape index (κ2) is 4.99. The van der Waals surface area contributed by atoms with Crippen LogP contribution >= 0.6 is 11.3 Å². The third-order valence-electron chi connectivity index (χ3n) is 1.80. The van der Waals surface area contributed by atoms with Crippen molar-refractivity contribution < 1.29 is 4.79 Å². The fourth-order valence-corrected chi connectivity index (χ4v) is 1.63. The topological polar surface area (TPSA) is 41.1 Å². The van der Waals surface area contributed by atoms with Crippen LogP contribution < -0.4 is 10.6 Å². The fourth-order valence-electron chi connectivity index (χ4n) is 0.976. The van der Waals surface area contributed by atoms with Gasteiger partial charge in [0.15, 0.2) is 0 Å². The summed E-state index contributed by atoms with van der Waals surface area (Å²) in [6, 6.07) is 3.92. The first-order valence-electron chi connectivity index (χ1n) is 4.21. The maximum Gasteiger partial charge on any atom is 0.236 e. The molecule has 0 aromatic carbocycles. The Balaban J connectivity index is 2.30. The van der Waals surface area contributed by atoms with Gasteiger partial charge in [-0.1, -0.05) is 6.07 Å². The third kappa shape index (κ3) is 3.16. The van der Waals surface area contributed by atoms with Crippen LogP contribution in [0.2, 0.25) is 0 Å². The van der Waals surface area contributed by atoms with Gasteiger partial charge in [0.25, 0.3) is 0 Å². The first kappa shape index (κ1) is 10.2. The molecule has 0 bridgehead atoms. The molecule has 0 spiro atoms. The van der Waals surface area contributed by atoms with Gasteiger partial charge in [0.05, 0.1) is 6.04 Å². The van der Waals surface area contributed by atoms with E-state index >= 15 is 0 Å². The molecule has 0 fully saturated rings. The van der Waals surface area contributed by atoms with Crippen molar-refractivity contribution in [3.63, 3.8) is 0 Å². The van der Waals surface area contributed by atoms with E-state index in [0.29, 0.717) is 0 Å². The highest BCUT2D eigenvalue weighted by Crippen LogP contribution is 2.07. The van der Waals surface area contributed by atoms with Crippen LogP contribution in [0.5, 0.6) is 0 Å². The van der Waals surface area contributed by atoms with Crippen molar-refractivity contribution in [2.45, 2.75) is 19.5 Å². The Hall–Kier alpha value is -0.870. The average Bonchev–Trinajstić information content (AvgIpc) is 2.65. The number of likely N-dealkylation sites (N-methyl/N-ethyl adjacent to an activating group) is 1. The first-order chi connectivity index (χ1) is 6.24. The molecule has 0 aliphatic carbocycles. The van der Waals surface area contributed by atoms with Crippen molar-refractivity contribution in [3.8, 4) is 0 Å². The Kier molecular flexibility index (Phi) is 3.92. The Morgan fingerprint density at radius 1 is 1.69 bits per heavy atom. The third-order valence-corrected chi connectivity index (χ3v) is 2.68. The van der Waals surface area contributed by atoms with Gasteiger partial charge in [-0.05, 0) is 18.4 Å². The van der Waals surface area contributed by atoms with Crippen molar-refractivity contribution in [2.75, 3.05) is 7.05 Å². The molecule has 4 heteroatoms. The molecule has 1 atom stereocenters. The van der Waals surface area contributed by atoms with Gasteiger partial charge >= 0.3 is 0 Å². The van der Waals surface area contributed by atoms with Gasteiger partial charge in [-0.25, -0.2) is 0 Å². The van der Waals surface area contributed by atoms with E-state index in [9.17, 15) is 4.79 Å². The summed E-state index contributed by atoms with van der Waals surface area (Å²) in [6.45, 7) is 2.61. The molecule has 1 rings (SSSR count). The molecule has 3 nitrogen and oxygen atoms in total. The molecule has 0 radical (unpaired) electrons. The number of carbonyl (C=O) groups is 1. The van der Waals surface area contributed by atoms with Crippen molar-refractivity contribution in [2.24, 2.45) is 0 Å². The molecule has 72 valence electrons. The van der Waals surface area contributed by atoms with Crippen LogP contribution in [0.1, 0.15) is 11.8 Å². The van der Waals surface area contributed by atoms with Crippen LogP contribution in [0.3, 0.4) is 0 Å². The van der Waals surface area contributed by atoms with Gasteiger partial charge in [-0.15, -0.1) is 11.3 Å². The van der Waals surface area contributed by atoms with Crippen LogP contribution in [0, 0.1) is 0 Å². The molecule has 0 aliphatic rings. The van der Waals surface area contributed by atoms with Crippen LogP contribution in [-0.4, -0.2) is 19.0 Å². The quantitative estimate of drug-likeness (QED) is 0.757. The predicted molar refractivity (Wildman–Crippen MR) is 54.7 cm³/mol. The van der Waals surface area contributed by atoms with E-state index in [4.69, 9.17) is 0 Å². The van der Waals surface area contributed by atoms with E-state index in [2.05, 4.69) is 10.6 Å². The van der Waals surface area contributed by atoms with E-state index < -0.39 is 0 Å². The van der Waals surface area contributed by atoms with Gasteiger partial charge in [-0.3, -0.25) is 4.79 Å². The molecule has 0 unspecified atom stereocenters. The molecule has 0 saturated heterocycles. The lowest BCUT2D eigenvalue weighted by atomic mass is 10.3. The standard InChI is InChI=1S/C9H14N2OS/c1-7(9(12)10-2)11-6-8-4-3-5-13-8/h3-5,7,11H,6H2,1-2H3,(H,10,12)/t7-/m1/s1. The SMILES string of the molecule is CNC(=O)[C@@H](C)NCc1cccs1. The Morgan fingerprint density at radius 3 is 3.00 bits per heavy atom. The van der Waals surface area contributed by atoms with Crippen molar-refractivity contribution in [1.82, 2.24) is 10.6 Å². The predicted octanol–water partition coefficient (Wildman–Crippen LogP) is 0.972. The zero-order chi connectivity index (χ0) is 9.68. The summed E-state index contributed by atoms with van der Waals surface area (Å²) in [5, 5.41) is 7.76. The van der Waals surface area contributed by atoms with Crippen molar-refractivity contribution >= 4 is 17.2 Å². The zero-order valence-corrected chi connectivity index (χ0v) is 8.65. The summed E-state index contributed by atoms with van der Waals surface area (Å²) >= 11 is 1.69. The van der Waals surface area contributed by atoms with E-state index in [1.54, 1.807) is 18.4 Å². The lowest BCUT2D eigenvalue weighted by molar-refractivity contribution is -0.122. The lowest BCUT2D eigenvalue weighted by Gasteiger charge is -2.10. The summed E-state index contributed by atoms with van der Waals surface area (Å²) < 4.78 is 0. The van der Waals surface area contributed by atoms with E-state index in [1.165, 1.54) is 4.88 Å². The molecular weight excluding hydrogens is 184 g/mol. The van der Waals surface area contributed by atoms with E-state index in [1.807, 2.05) is 24.4 Å². The number of hydrogen-bond donors (Lipinski definition) is 2. The number of amides is 1. The molecule has 1 heterocycles. The number of hydrogen-bond acceptors (Lipinski definition) is 3. The van der Waals surface area contributed by atoms with Crippen LogP contribution in [-0.2, 0) is 11.3 Å². The summed E-state index contributed by atoms with van der Waals surface area (Å²) in [6.07, 6.45) is 0. The van der Waals surface area contributed by atoms with E-state index in [-0.39, 0.29) is 11.9 Å². The van der Waals surface area contributed by atoms with Gasteiger partial charge in [0.2, 0.25) is 5.91 Å². The lowest BCUT2D eigenvalue weighted by Crippen LogP contribution is -2.39. The minimum atomic E-state index is -0.132. The Morgan fingerprint density at radius 2 is 2.46 bits per heavy atom. The zero-order valence-electron chi connectivity index (χ0n) is 7.83. The van der Waals surface area contributed by atoms with Gasteiger partial charge < -0.3 is 10.6 Å². The Bertz CT molecular complexity index is 259. The Labute approximate surface area is 82.2 Å². The van der Waals surface area contributed by atoms with Crippen molar-refractivity contribution in [1.29, 1.82) is 0 Å². The number of thiophene rings is 1. The molecule has 0 saturated carbocycles. The molecular formula is C9H14N2OS. The second-order valence-corrected chi connectivity index (χ2v) is 3.83. The summed E-state index contributed by atoms with van der Waals surface area (Å²) in [5.41, 5.74) is 0. The molecule has 13 heavy (non-hydrogen) atoms. The maximum atomic E-state index is 11.1. The highest BCUT2D eigenvalue weighted by molar-refractivity contribution is 7.09. The number of carbonyl (C=O) groups excluding carboxylic acids is 1. The van der Waals surface area contributed by atoms with Crippen LogP contribution in [0.25, 0.3) is 0 Å². The summed E-state index contributed by atoms with van der Waals surface area (Å²) in [4.78, 5) is 12.3. The van der Waals surface area contributed by atoms with Gasteiger partial charge in [0, 0.05) is 18.5 Å². The second-order valence-electron chi connectivity index (χ2n) is 2.80. The van der Waals surface area contributed by atoms with Crippen molar-refractivity contribution in [3.05, 3.63) is 22.4 Å². The van der Waals surface area contributed by atoms with Crippen LogP contribution in [0.15, 0.2) is 17.5 Å². The highest BCUT2D eigenvalue weighted by Gasteiger charge is 2.09. The first-order valence-corrected chi connectivity index (χ1v) is 5.09. The molecule has 2 N–H and O–H groups in total. The molecule has 0 aliphatic heterocycles. The minimum absolute atomic E-state index is 0.0246. The smallest absolute Gasteiger partial charge is 0.236 e. The number of nitrogens with one attached hydrogen (secondary N) is 2. The average molecular weight is 198 g/mol. The molecule has 1 amide bonds. The van der Waals surface area contributed by atoms with E-state index in [0.717, 1.165) is 6.54 Å². The summed E-state index contributed by atoms with van der Waals surface area (Å²) in [7, 11) is 1.64. The van der Waals surface area contributed by atoms with Crippen LogP contribution in [0.4, 0.5) is 0 Å². The van der Waals surface area contributed by atoms with Gasteiger partial charge in [-0.2, -0.15) is 0 Å². The largest absolute Gasteiger partial charge is 0.358 e. The van der Waals surface area contributed by atoms with Gasteiger partial charge in [0.1, 0.15) is 0 Å². The number of rotatable bonds is 4.